The maximum absolute atomic E-state index is 13.0. The molecule has 0 bridgehead atoms. The van der Waals surface area contributed by atoms with Crippen LogP contribution in [0, 0.1) is 12.7 Å². The first-order chi connectivity index (χ1) is 11.9. The second-order valence-corrected chi connectivity index (χ2v) is 7.68. The third-order valence-electron chi connectivity index (χ3n) is 4.16. The van der Waals surface area contributed by atoms with E-state index in [0.29, 0.717) is 11.1 Å². The molecular weight excluding hydrogens is 345 g/mol. The molecule has 0 spiro atoms. The van der Waals surface area contributed by atoms with E-state index in [4.69, 9.17) is 0 Å². The van der Waals surface area contributed by atoms with Crippen LogP contribution in [0.3, 0.4) is 0 Å². The zero-order valence-electron chi connectivity index (χ0n) is 13.7. The first kappa shape index (κ1) is 17.5. The van der Waals surface area contributed by atoms with Gasteiger partial charge in [0.25, 0.3) is 15.9 Å². The number of rotatable bonds is 3. The number of sulfonamides is 1. The van der Waals surface area contributed by atoms with Gasteiger partial charge in [-0.2, -0.15) is 4.31 Å². The predicted molar refractivity (Wildman–Crippen MR) is 90.0 cm³/mol. The Hall–Kier alpha value is -2.32. The highest BCUT2D eigenvalue weighted by Crippen LogP contribution is 2.19. The number of hydrogen-bond donors (Lipinski definition) is 0. The number of hydrogen-bond acceptors (Lipinski definition) is 4. The predicted octanol–water partition coefficient (Wildman–Crippen LogP) is 1.68. The molecule has 1 aliphatic rings. The van der Waals surface area contributed by atoms with Crippen molar-refractivity contribution in [3.63, 3.8) is 0 Å². The van der Waals surface area contributed by atoms with Crippen molar-refractivity contribution in [3.05, 3.63) is 59.5 Å². The number of carbonyl (C=O) groups is 1. The number of carbonyl (C=O) groups excluding carboxylic acids is 1. The maximum atomic E-state index is 13.0. The maximum Gasteiger partial charge on any atom is 0.260 e. The molecule has 1 saturated heterocycles. The molecule has 132 valence electrons. The van der Waals surface area contributed by atoms with Crippen molar-refractivity contribution in [1.82, 2.24) is 14.2 Å². The van der Waals surface area contributed by atoms with E-state index in [1.165, 1.54) is 34.8 Å². The second kappa shape index (κ2) is 6.89. The van der Waals surface area contributed by atoms with Crippen molar-refractivity contribution in [2.24, 2.45) is 0 Å². The van der Waals surface area contributed by atoms with Gasteiger partial charge in [0.1, 0.15) is 5.82 Å². The summed E-state index contributed by atoms with van der Waals surface area (Å²) < 4.78 is 39.7. The second-order valence-electron chi connectivity index (χ2n) is 5.83. The summed E-state index contributed by atoms with van der Waals surface area (Å²) >= 11 is 0. The molecule has 1 aliphatic heterocycles. The van der Waals surface area contributed by atoms with E-state index in [1.54, 1.807) is 24.0 Å². The molecule has 8 heteroatoms. The Balaban J connectivity index is 1.70. The third kappa shape index (κ3) is 3.54. The summed E-state index contributed by atoms with van der Waals surface area (Å²) in [6, 6.07) is 8.72. The van der Waals surface area contributed by atoms with Crippen molar-refractivity contribution < 1.29 is 17.6 Å². The van der Waals surface area contributed by atoms with E-state index in [0.717, 1.165) is 0 Å². The van der Waals surface area contributed by atoms with Gasteiger partial charge in [-0.3, -0.25) is 4.79 Å². The monoisotopic (exact) mass is 363 g/mol. The van der Waals surface area contributed by atoms with Gasteiger partial charge in [-0.15, -0.1) is 0 Å². The van der Waals surface area contributed by atoms with Crippen molar-refractivity contribution in [2.75, 3.05) is 26.2 Å². The van der Waals surface area contributed by atoms with E-state index in [-0.39, 0.29) is 37.1 Å². The van der Waals surface area contributed by atoms with Gasteiger partial charge in [-0.1, -0.05) is 6.07 Å². The molecule has 0 atom stereocenters. The fourth-order valence-electron chi connectivity index (χ4n) is 2.77. The van der Waals surface area contributed by atoms with E-state index in [2.05, 4.69) is 4.98 Å². The Labute approximate surface area is 145 Å². The van der Waals surface area contributed by atoms with Crippen LogP contribution in [0.15, 0.2) is 47.6 Å². The molecular formula is C17H18FN3O3S. The summed E-state index contributed by atoms with van der Waals surface area (Å²) in [5, 5.41) is 0.0494. The highest BCUT2D eigenvalue weighted by molar-refractivity contribution is 7.89. The molecule has 0 saturated carbocycles. The van der Waals surface area contributed by atoms with Crippen LogP contribution in [-0.4, -0.2) is 54.7 Å². The summed E-state index contributed by atoms with van der Waals surface area (Å²) in [5.41, 5.74) is 0.977. The van der Waals surface area contributed by atoms with E-state index >= 15 is 0 Å². The van der Waals surface area contributed by atoms with Gasteiger partial charge in [-0.05, 0) is 42.8 Å². The van der Waals surface area contributed by atoms with E-state index < -0.39 is 15.8 Å². The Bertz CT molecular complexity index is 876. The summed E-state index contributed by atoms with van der Waals surface area (Å²) in [7, 11) is -3.68. The van der Waals surface area contributed by atoms with Crippen LogP contribution in [-0.2, 0) is 10.0 Å². The Kier molecular flexibility index (Phi) is 4.82. The average molecular weight is 363 g/mol. The quantitative estimate of drug-likeness (QED) is 0.832. The number of piperazine rings is 1. The molecule has 0 unspecified atom stereocenters. The average Bonchev–Trinajstić information content (AvgIpc) is 2.62. The Morgan fingerprint density at radius 1 is 1.08 bits per heavy atom. The molecule has 0 aliphatic carbocycles. The SMILES string of the molecule is Cc1cccnc1S(=O)(=O)N1CCN(C(=O)c2ccc(F)cc2)CC1. The molecule has 2 aromatic rings. The van der Waals surface area contributed by atoms with Crippen LogP contribution in [0.25, 0.3) is 0 Å². The third-order valence-corrected chi connectivity index (χ3v) is 6.12. The van der Waals surface area contributed by atoms with Gasteiger partial charge in [0, 0.05) is 37.9 Å². The number of aromatic nitrogens is 1. The normalized spacial score (nSPS) is 16.0. The highest BCUT2D eigenvalue weighted by atomic mass is 32.2. The van der Waals surface area contributed by atoms with Gasteiger partial charge in [0.15, 0.2) is 5.03 Å². The van der Waals surface area contributed by atoms with E-state index in [9.17, 15) is 17.6 Å². The summed E-state index contributed by atoms with van der Waals surface area (Å²) in [5.74, 6) is -0.635. The number of benzene rings is 1. The fraction of sp³-hybridized carbons (Fsp3) is 0.294. The largest absolute Gasteiger partial charge is 0.336 e. The van der Waals surface area contributed by atoms with Crippen LogP contribution in [0.1, 0.15) is 15.9 Å². The lowest BCUT2D eigenvalue weighted by Crippen LogP contribution is -2.50. The number of nitrogens with zero attached hydrogens (tertiary/aromatic N) is 3. The van der Waals surface area contributed by atoms with Crippen LogP contribution in [0.4, 0.5) is 4.39 Å². The van der Waals surface area contributed by atoms with Crippen molar-refractivity contribution in [2.45, 2.75) is 11.9 Å². The van der Waals surface area contributed by atoms with Gasteiger partial charge in [0.2, 0.25) is 0 Å². The van der Waals surface area contributed by atoms with Crippen molar-refractivity contribution >= 4 is 15.9 Å². The molecule has 1 aromatic carbocycles. The van der Waals surface area contributed by atoms with Crippen LogP contribution < -0.4 is 0 Å². The first-order valence-corrected chi connectivity index (χ1v) is 9.30. The minimum Gasteiger partial charge on any atom is -0.336 e. The smallest absolute Gasteiger partial charge is 0.260 e. The molecule has 0 N–H and O–H groups in total. The first-order valence-electron chi connectivity index (χ1n) is 7.86. The van der Waals surface area contributed by atoms with Crippen LogP contribution >= 0.6 is 0 Å². The minimum absolute atomic E-state index is 0.0494. The standard InChI is InChI=1S/C17H18FN3O3S/c1-13-3-2-8-19-16(13)25(23,24)21-11-9-20(10-12-21)17(22)14-4-6-15(18)7-5-14/h2-8H,9-12H2,1H3. The molecule has 3 rings (SSSR count). The van der Waals surface area contributed by atoms with Crippen LogP contribution in [0.5, 0.6) is 0 Å². The Morgan fingerprint density at radius 3 is 2.32 bits per heavy atom. The number of pyridine rings is 1. The molecule has 2 heterocycles. The highest BCUT2D eigenvalue weighted by Gasteiger charge is 2.32. The number of halogens is 1. The molecule has 6 nitrogen and oxygen atoms in total. The lowest BCUT2D eigenvalue weighted by atomic mass is 10.2. The molecule has 25 heavy (non-hydrogen) atoms. The molecule has 1 fully saturated rings. The topological polar surface area (TPSA) is 70.6 Å². The van der Waals surface area contributed by atoms with Crippen LogP contribution in [0.2, 0.25) is 0 Å². The number of aryl methyl sites for hydroxylation is 1. The van der Waals surface area contributed by atoms with Crippen molar-refractivity contribution in [3.8, 4) is 0 Å². The van der Waals surface area contributed by atoms with Gasteiger partial charge in [-0.25, -0.2) is 17.8 Å². The summed E-state index contributed by atoms with van der Waals surface area (Å²) in [4.78, 5) is 18.0. The van der Waals surface area contributed by atoms with Gasteiger partial charge < -0.3 is 4.90 Å². The van der Waals surface area contributed by atoms with Gasteiger partial charge >= 0.3 is 0 Å². The van der Waals surface area contributed by atoms with E-state index in [1.807, 2.05) is 0 Å². The fourth-order valence-corrected chi connectivity index (χ4v) is 4.33. The zero-order chi connectivity index (χ0) is 18.0. The molecule has 0 radical (unpaired) electrons. The summed E-state index contributed by atoms with van der Waals surface area (Å²) in [6.45, 7) is 2.66. The van der Waals surface area contributed by atoms with Gasteiger partial charge in [0.05, 0.1) is 0 Å². The zero-order valence-corrected chi connectivity index (χ0v) is 14.5. The lowest BCUT2D eigenvalue weighted by Gasteiger charge is -2.34. The Morgan fingerprint density at radius 2 is 1.72 bits per heavy atom. The van der Waals surface area contributed by atoms with Crippen molar-refractivity contribution in [1.29, 1.82) is 0 Å². The molecule has 1 aromatic heterocycles. The summed E-state index contributed by atoms with van der Waals surface area (Å²) in [6.07, 6.45) is 1.45. The molecule has 1 amide bonds. The number of amides is 1. The lowest BCUT2D eigenvalue weighted by molar-refractivity contribution is 0.0697. The minimum atomic E-state index is -3.68.